The van der Waals surface area contributed by atoms with Gasteiger partial charge in [0, 0.05) is 40.7 Å². The van der Waals surface area contributed by atoms with Crippen LogP contribution in [0.1, 0.15) is 49.7 Å². The van der Waals surface area contributed by atoms with Gasteiger partial charge in [0.25, 0.3) is 5.91 Å². The molecule has 4 N–H and O–H groups in total. The number of carbonyl (C=O) groups excluding carboxylic acids is 2. The Hall–Kier alpha value is -4.80. The minimum Gasteiger partial charge on any atom is -0.493 e. The molecule has 214 valence electrons. The summed E-state index contributed by atoms with van der Waals surface area (Å²) >= 11 is 0. The summed E-state index contributed by atoms with van der Waals surface area (Å²) in [5, 5.41) is 13.8. The summed E-state index contributed by atoms with van der Waals surface area (Å²) in [6.45, 7) is 7.88. The van der Waals surface area contributed by atoms with E-state index in [1.807, 2.05) is 58.0 Å². The van der Waals surface area contributed by atoms with Gasteiger partial charge in [-0.3, -0.25) is 14.8 Å². The number of pyridine rings is 1. The van der Waals surface area contributed by atoms with Crippen LogP contribution in [0.25, 0.3) is 10.9 Å². The Morgan fingerprint density at radius 1 is 1.12 bits per heavy atom. The van der Waals surface area contributed by atoms with Crippen molar-refractivity contribution in [3.63, 3.8) is 0 Å². The summed E-state index contributed by atoms with van der Waals surface area (Å²) in [5.41, 5.74) is 0.688. The van der Waals surface area contributed by atoms with Crippen molar-refractivity contribution < 1.29 is 24.2 Å². The molecule has 4 aromatic rings. The minimum atomic E-state index is -1.60. The number of fused-ring (bicyclic) bond motifs is 1. The fraction of sp³-hybridized carbons (Fsp3) is 0.333. The van der Waals surface area contributed by atoms with E-state index in [1.54, 1.807) is 24.3 Å². The highest BCUT2D eigenvalue weighted by Crippen LogP contribution is 2.39. The normalized spacial score (nSPS) is 17.2. The molecule has 1 saturated heterocycles. The number of hydrogen-bond acceptors (Lipinski definition) is 7. The number of aromatic nitrogens is 3. The second-order valence-electron chi connectivity index (χ2n) is 11.2. The summed E-state index contributed by atoms with van der Waals surface area (Å²) in [4.78, 5) is 49.0. The molecule has 41 heavy (non-hydrogen) atoms. The topological polar surface area (TPSA) is 150 Å². The third-order valence-electron chi connectivity index (χ3n) is 6.89. The Kier molecular flexibility index (Phi) is 7.20. The maximum atomic E-state index is 13.8. The molecule has 11 nitrogen and oxygen atoms in total. The van der Waals surface area contributed by atoms with Crippen molar-refractivity contribution >= 4 is 22.9 Å². The number of aromatic amines is 2. The van der Waals surface area contributed by atoms with Gasteiger partial charge in [0.2, 0.25) is 11.5 Å². The van der Waals surface area contributed by atoms with E-state index in [1.165, 1.54) is 4.90 Å². The van der Waals surface area contributed by atoms with Gasteiger partial charge in [0.1, 0.15) is 12.4 Å². The number of alkyl carbamates (subject to hydrolysis) is 1. The third kappa shape index (κ3) is 5.88. The van der Waals surface area contributed by atoms with Crippen molar-refractivity contribution in [3.05, 3.63) is 87.6 Å². The highest BCUT2D eigenvalue weighted by molar-refractivity contribution is 5.91. The summed E-state index contributed by atoms with van der Waals surface area (Å²) in [6.07, 6.45) is -0.549. The van der Waals surface area contributed by atoms with Crippen molar-refractivity contribution in [2.45, 2.75) is 58.4 Å². The lowest BCUT2D eigenvalue weighted by molar-refractivity contribution is -0.145. The second-order valence-corrected chi connectivity index (χ2v) is 11.2. The van der Waals surface area contributed by atoms with E-state index in [4.69, 9.17) is 9.47 Å². The number of amides is 2. The largest absolute Gasteiger partial charge is 0.493 e. The highest BCUT2D eigenvalue weighted by atomic mass is 16.6. The predicted molar refractivity (Wildman–Crippen MR) is 151 cm³/mol. The first kappa shape index (κ1) is 27.8. The van der Waals surface area contributed by atoms with E-state index < -0.39 is 28.8 Å². The van der Waals surface area contributed by atoms with Crippen molar-refractivity contribution in [2.75, 3.05) is 6.54 Å². The highest BCUT2D eigenvalue weighted by Gasteiger charge is 2.52. The number of aromatic hydroxyl groups is 1. The van der Waals surface area contributed by atoms with Crippen LogP contribution in [0.2, 0.25) is 0 Å². The molecular formula is C30H33N5O6. The number of aryl methyl sites for hydroxylation is 1. The van der Waals surface area contributed by atoms with Gasteiger partial charge in [-0.15, -0.1) is 0 Å². The maximum Gasteiger partial charge on any atom is 0.408 e. The van der Waals surface area contributed by atoms with Crippen LogP contribution in [0, 0.1) is 6.92 Å². The first-order valence-corrected chi connectivity index (χ1v) is 13.3. The average molecular weight is 560 g/mol. The number of benzene rings is 2. The lowest BCUT2D eigenvalue weighted by Crippen LogP contribution is -2.48. The number of imidazole rings is 1. The molecule has 1 aliphatic rings. The fourth-order valence-electron chi connectivity index (χ4n) is 5.03. The predicted octanol–water partition coefficient (Wildman–Crippen LogP) is 4.00. The van der Waals surface area contributed by atoms with Crippen LogP contribution in [0.15, 0.2) is 59.4 Å². The van der Waals surface area contributed by atoms with E-state index in [0.717, 1.165) is 22.2 Å². The first-order chi connectivity index (χ1) is 19.4. The zero-order valence-electron chi connectivity index (χ0n) is 23.4. The van der Waals surface area contributed by atoms with Crippen LogP contribution in [0.4, 0.5) is 4.79 Å². The Morgan fingerprint density at radius 3 is 2.54 bits per heavy atom. The molecule has 11 heteroatoms. The molecule has 3 heterocycles. The number of likely N-dealkylation sites (tertiary alicyclic amines) is 1. The Morgan fingerprint density at radius 2 is 1.85 bits per heavy atom. The van der Waals surface area contributed by atoms with Crippen molar-refractivity contribution in [2.24, 2.45) is 0 Å². The Labute approximate surface area is 236 Å². The van der Waals surface area contributed by atoms with Crippen molar-refractivity contribution in [1.82, 2.24) is 25.2 Å². The number of rotatable bonds is 7. The fourth-order valence-corrected chi connectivity index (χ4v) is 5.03. The van der Waals surface area contributed by atoms with Gasteiger partial charge in [-0.05, 0) is 52.0 Å². The standard InChI is InChI=1S/C30H33N5O6/c1-18-15-19(22-7-5-6-8-23(22)31-18)17-40-21-11-9-20(10-12-21)30(41-28(39)34-29(2,3)4)13-14-35(26(30)37)16-24-25(36)33-27(38)32-24/h5-12,15,36H,13-14,16-17H2,1-4H3,(H,34,39)(H2,32,33,38). The molecular weight excluding hydrogens is 526 g/mol. The van der Waals surface area contributed by atoms with Crippen LogP contribution in [0.5, 0.6) is 11.6 Å². The van der Waals surface area contributed by atoms with Crippen LogP contribution in [-0.4, -0.2) is 49.0 Å². The van der Waals surface area contributed by atoms with E-state index in [-0.39, 0.29) is 31.1 Å². The molecule has 2 aromatic carbocycles. The molecule has 5 rings (SSSR count). The number of ether oxygens (including phenoxy) is 2. The van der Waals surface area contributed by atoms with Gasteiger partial charge in [0.05, 0.1) is 17.8 Å². The van der Waals surface area contributed by atoms with Gasteiger partial charge >= 0.3 is 11.8 Å². The van der Waals surface area contributed by atoms with E-state index in [2.05, 4.69) is 20.3 Å². The number of hydrogen-bond donors (Lipinski definition) is 4. The molecule has 1 fully saturated rings. The summed E-state index contributed by atoms with van der Waals surface area (Å²) in [6, 6.07) is 16.8. The van der Waals surface area contributed by atoms with Crippen LogP contribution >= 0.6 is 0 Å². The number of para-hydroxylation sites is 1. The van der Waals surface area contributed by atoms with Crippen LogP contribution < -0.4 is 15.7 Å². The molecule has 1 atom stereocenters. The number of carbonyl (C=O) groups is 2. The van der Waals surface area contributed by atoms with Crippen molar-refractivity contribution in [1.29, 1.82) is 0 Å². The Balaban J connectivity index is 1.39. The maximum absolute atomic E-state index is 13.8. The molecule has 1 unspecified atom stereocenters. The molecule has 2 aromatic heterocycles. The van der Waals surface area contributed by atoms with Crippen molar-refractivity contribution in [3.8, 4) is 11.6 Å². The lowest BCUT2D eigenvalue weighted by Gasteiger charge is -2.30. The van der Waals surface area contributed by atoms with Crippen LogP contribution in [0.3, 0.4) is 0 Å². The molecule has 2 amide bonds. The van der Waals surface area contributed by atoms with Gasteiger partial charge in [0.15, 0.2) is 0 Å². The second kappa shape index (κ2) is 10.6. The number of H-pyrrole nitrogens is 2. The first-order valence-electron chi connectivity index (χ1n) is 13.3. The number of nitrogens with zero attached hydrogens (tertiary/aromatic N) is 2. The zero-order valence-corrected chi connectivity index (χ0v) is 23.4. The molecule has 0 bridgehead atoms. The smallest absolute Gasteiger partial charge is 0.408 e. The van der Waals surface area contributed by atoms with Gasteiger partial charge in [-0.2, -0.15) is 0 Å². The number of nitrogens with one attached hydrogen (secondary N) is 3. The SMILES string of the molecule is Cc1cc(COc2ccc(C3(OC(=O)NC(C)(C)C)CCN(Cc4[nH]c(=O)[nH]c4O)C3=O)cc2)c2ccccc2n1. The van der Waals surface area contributed by atoms with E-state index in [9.17, 15) is 19.5 Å². The molecule has 0 saturated carbocycles. The van der Waals surface area contributed by atoms with Gasteiger partial charge < -0.3 is 29.8 Å². The summed E-state index contributed by atoms with van der Waals surface area (Å²) < 4.78 is 12.0. The summed E-state index contributed by atoms with van der Waals surface area (Å²) in [7, 11) is 0. The average Bonchev–Trinajstić information content (AvgIpc) is 3.39. The lowest BCUT2D eigenvalue weighted by atomic mass is 9.91. The molecule has 0 radical (unpaired) electrons. The van der Waals surface area contributed by atoms with E-state index in [0.29, 0.717) is 17.9 Å². The monoisotopic (exact) mass is 559 g/mol. The quantitative estimate of drug-likeness (QED) is 0.267. The summed E-state index contributed by atoms with van der Waals surface area (Å²) in [5.74, 6) is -0.223. The minimum absolute atomic E-state index is 0.0596. The Bertz CT molecular complexity index is 1650. The molecule has 1 aliphatic heterocycles. The van der Waals surface area contributed by atoms with Gasteiger partial charge in [-0.1, -0.05) is 30.3 Å². The molecule has 0 spiro atoms. The third-order valence-corrected chi connectivity index (χ3v) is 6.89. The zero-order chi connectivity index (χ0) is 29.4. The van der Waals surface area contributed by atoms with Gasteiger partial charge in [-0.25, -0.2) is 9.59 Å². The van der Waals surface area contributed by atoms with E-state index >= 15 is 0 Å². The molecule has 0 aliphatic carbocycles. The van der Waals surface area contributed by atoms with Crippen LogP contribution in [-0.2, 0) is 28.3 Å².